The summed E-state index contributed by atoms with van der Waals surface area (Å²) in [6.07, 6.45) is 0.857. The van der Waals surface area contributed by atoms with Crippen LogP contribution in [0.3, 0.4) is 0 Å². The number of nitrogens with zero attached hydrogens (tertiary/aromatic N) is 1. The van der Waals surface area contributed by atoms with Crippen LogP contribution in [-0.4, -0.2) is 10.2 Å². The van der Waals surface area contributed by atoms with Crippen molar-refractivity contribution in [3.05, 3.63) is 98.8 Å². The first-order chi connectivity index (χ1) is 15.2. The molecule has 158 valence electrons. The average molecular weight is 524 g/mol. The molecule has 4 rings (SSSR count). The first-order valence-corrected chi connectivity index (χ1v) is 11.4. The Labute approximate surface area is 196 Å². The van der Waals surface area contributed by atoms with Gasteiger partial charge in [-0.2, -0.15) is 5.10 Å². The minimum atomic E-state index is 0.484. The average Bonchev–Trinajstić information content (AvgIpc) is 3.15. The number of H-pyrrole nitrogens is 1. The van der Waals surface area contributed by atoms with E-state index in [1.807, 2.05) is 49.4 Å². The predicted octanol–water partition coefficient (Wildman–Crippen LogP) is 6.71. The molecule has 0 atom stereocenters. The highest BCUT2D eigenvalue weighted by Crippen LogP contribution is 2.39. The molecule has 0 unspecified atom stereocenters. The molecule has 0 bridgehead atoms. The monoisotopic (exact) mass is 524 g/mol. The van der Waals surface area contributed by atoms with Crippen molar-refractivity contribution in [3.63, 3.8) is 0 Å². The summed E-state index contributed by atoms with van der Waals surface area (Å²) in [5.74, 6) is 1.62. The van der Waals surface area contributed by atoms with Crippen molar-refractivity contribution in [3.8, 4) is 22.8 Å². The Balaban J connectivity index is 1.69. The summed E-state index contributed by atoms with van der Waals surface area (Å²) in [6, 6.07) is 24.6. The van der Waals surface area contributed by atoms with Crippen LogP contribution in [0, 0.1) is 10.5 Å². The van der Waals surface area contributed by atoms with E-state index in [1.54, 1.807) is 0 Å². The van der Waals surface area contributed by atoms with Crippen molar-refractivity contribution >= 4 is 22.6 Å². The minimum absolute atomic E-state index is 0.484. The molecule has 0 aliphatic carbocycles. The fourth-order valence-corrected chi connectivity index (χ4v) is 3.92. The van der Waals surface area contributed by atoms with Crippen LogP contribution in [0.15, 0.2) is 72.8 Å². The number of nitrogens with one attached hydrogen (secondary N) is 1. The van der Waals surface area contributed by atoms with Gasteiger partial charge >= 0.3 is 0 Å². The molecule has 1 heterocycles. The second kappa shape index (κ2) is 10.0. The molecule has 0 radical (unpaired) electrons. The van der Waals surface area contributed by atoms with Crippen molar-refractivity contribution in [1.29, 1.82) is 0 Å². The number of benzene rings is 3. The fraction of sp³-hybridized carbons (Fsp3) is 0.192. The molecule has 4 nitrogen and oxygen atoms in total. The van der Waals surface area contributed by atoms with E-state index in [0.717, 1.165) is 55.1 Å². The van der Waals surface area contributed by atoms with Crippen LogP contribution in [0.25, 0.3) is 11.3 Å². The quantitative estimate of drug-likeness (QED) is 0.261. The lowest BCUT2D eigenvalue weighted by atomic mass is 10.0. The molecule has 1 N–H and O–H groups in total. The zero-order valence-electron chi connectivity index (χ0n) is 17.7. The molecule has 3 aromatic carbocycles. The Hall–Kier alpha value is -2.80. The number of hydrogen-bond acceptors (Lipinski definition) is 3. The van der Waals surface area contributed by atoms with E-state index in [0.29, 0.717) is 13.2 Å². The molecule has 0 fully saturated rings. The SMILES string of the molecule is CCc1cc(-c2n[nH]c(C)c2I)c(OCc2ccccc2)cc1OCc1ccccc1. The summed E-state index contributed by atoms with van der Waals surface area (Å²) >= 11 is 2.34. The summed E-state index contributed by atoms with van der Waals surface area (Å²) in [5, 5.41) is 7.64. The van der Waals surface area contributed by atoms with Gasteiger partial charge in [-0.25, -0.2) is 0 Å². The summed E-state index contributed by atoms with van der Waals surface area (Å²) in [5.41, 5.74) is 6.33. The first-order valence-electron chi connectivity index (χ1n) is 10.4. The van der Waals surface area contributed by atoms with Crippen molar-refractivity contribution in [2.75, 3.05) is 0 Å². The Kier molecular flexibility index (Phi) is 6.92. The lowest BCUT2D eigenvalue weighted by Gasteiger charge is -2.17. The van der Waals surface area contributed by atoms with Gasteiger partial charge in [0.2, 0.25) is 0 Å². The molecule has 5 heteroatoms. The fourth-order valence-electron chi connectivity index (χ4n) is 3.39. The van der Waals surface area contributed by atoms with E-state index in [4.69, 9.17) is 9.47 Å². The Morgan fingerprint density at radius 3 is 1.94 bits per heavy atom. The molecule has 0 saturated heterocycles. The van der Waals surface area contributed by atoms with Gasteiger partial charge in [0.15, 0.2) is 0 Å². The smallest absolute Gasteiger partial charge is 0.133 e. The Bertz CT molecular complexity index is 1140. The lowest BCUT2D eigenvalue weighted by molar-refractivity contribution is 0.289. The van der Waals surface area contributed by atoms with Crippen LogP contribution in [0.2, 0.25) is 0 Å². The number of aryl methyl sites for hydroxylation is 2. The van der Waals surface area contributed by atoms with Crippen LogP contribution < -0.4 is 9.47 Å². The zero-order chi connectivity index (χ0) is 21.6. The number of aromatic amines is 1. The van der Waals surface area contributed by atoms with E-state index in [-0.39, 0.29) is 0 Å². The van der Waals surface area contributed by atoms with Gasteiger partial charge in [0, 0.05) is 17.3 Å². The number of ether oxygens (including phenoxy) is 2. The van der Waals surface area contributed by atoms with Gasteiger partial charge in [-0.3, -0.25) is 5.10 Å². The molecule has 0 spiro atoms. The highest BCUT2D eigenvalue weighted by molar-refractivity contribution is 14.1. The maximum absolute atomic E-state index is 6.30. The van der Waals surface area contributed by atoms with Crippen LogP contribution in [0.4, 0.5) is 0 Å². The van der Waals surface area contributed by atoms with Gasteiger partial charge in [-0.15, -0.1) is 0 Å². The third-order valence-corrected chi connectivity index (χ3v) is 6.47. The predicted molar refractivity (Wildman–Crippen MR) is 132 cm³/mol. The maximum atomic E-state index is 6.30. The van der Waals surface area contributed by atoms with E-state index >= 15 is 0 Å². The summed E-state index contributed by atoms with van der Waals surface area (Å²) in [7, 11) is 0. The first kappa shape index (κ1) is 21.4. The van der Waals surface area contributed by atoms with E-state index < -0.39 is 0 Å². The molecule has 0 amide bonds. The van der Waals surface area contributed by atoms with Crippen LogP contribution in [0.5, 0.6) is 11.5 Å². The number of rotatable bonds is 8. The standard InChI is InChI=1S/C26H25IN2O2/c1-3-21-14-22(26-25(27)18(2)28-29-26)24(31-17-20-12-8-5-9-13-20)15-23(21)30-16-19-10-6-4-7-11-19/h4-15H,3,16-17H2,1-2H3,(H,28,29). The molecule has 4 aromatic rings. The van der Waals surface area contributed by atoms with Gasteiger partial charge in [-0.1, -0.05) is 67.6 Å². The maximum Gasteiger partial charge on any atom is 0.133 e. The van der Waals surface area contributed by atoms with Crippen molar-refractivity contribution in [1.82, 2.24) is 10.2 Å². The van der Waals surface area contributed by atoms with Gasteiger partial charge in [0.05, 0.1) is 3.57 Å². The second-order valence-corrected chi connectivity index (χ2v) is 8.45. The molecule has 0 aliphatic heterocycles. The highest BCUT2D eigenvalue weighted by Gasteiger charge is 2.18. The van der Waals surface area contributed by atoms with Gasteiger partial charge in [0.25, 0.3) is 0 Å². The van der Waals surface area contributed by atoms with Crippen LogP contribution >= 0.6 is 22.6 Å². The molecular weight excluding hydrogens is 499 g/mol. The Morgan fingerprint density at radius 2 is 1.42 bits per heavy atom. The third-order valence-electron chi connectivity index (χ3n) is 5.15. The van der Waals surface area contributed by atoms with Gasteiger partial charge in [-0.05, 0) is 58.7 Å². The molecule has 31 heavy (non-hydrogen) atoms. The number of halogens is 1. The molecule has 0 aliphatic rings. The third kappa shape index (κ3) is 5.10. The second-order valence-electron chi connectivity index (χ2n) is 7.37. The van der Waals surface area contributed by atoms with Gasteiger partial charge in [0.1, 0.15) is 30.4 Å². The van der Waals surface area contributed by atoms with Crippen LogP contribution in [0.1, 0.15) is 29.3 Å². The molecule has 1 aromatic heterocycles. The Morgan fingerprint density at radius 1 is 0.839 bits per heavy atom. The number of aromatic nitrogens is 2. The minimum Gasteiger partial charge on any atom is -0.488 e. The van der Waals surface area contributed by atoms with E-state index in [9.17, 15) is 0 Å². The highest BCUT2D eigenvalue weighted by atomic mass is 127. The van der Waals surface area contributed by atoms with E-state index in [1.165, 1.54) is 0 Å². The van der Waals surface area contributed by atoms with Crippen molar-refractivity contribution in [2.45, 2.75) is 33.5 Å². The molecule has 0 saturated carbocycles. The van der Waals surface area contributed by atoms with Crippen molar-refractivity contribution < 1.29 is 9.47 Å². The van der Waals surface area contributed by atoms with Crippen molar-refractivity contribution in [2.24, 2.45) is 0 Å². The summed E-state index contributed by atoms with van der Waals surface area (Å²) < 4.78 is 13.6. The number of hydrogen-bond donors (Lipinski definition) is 1. The van der Waals surface area contributed by atoms with Crippen LogP contribution in [-0.2, 0) is 19.6 Å². The summed E-state index contributed by atoms with van der Waals surface area (Å²) in [4.78, 5) is 0. The molecular formula is C26H25IN2O2. The normalized spacial score (nSPS) is 10.8. The van der Waals surface area contributed by atoms with E-state index in [2.05, 4.69) is 70.0 Å². The van der Waals surface area contributed by atoms with Gasteiger partial charge < -0.3 is 9.47 Å². The lowest BCUT2D eigenvalue weighted by Crippen LogP contribution is -2.02. The largest absolute Gasteiger partial charge is 0.488 e. The topological polar surface area (TPSA) is 47.1 Å². The summed E-state index contributed by atoms with van der Waals surface area (Å²) in [6.45, 7) is 5.17. The zero-order valence-corrected chi connectivity index (χ0v) is 19.8.